The van der Waals surface area contributed by atoms with E-state index < -0.39 is 4.92 Å². The summed E-state index contributed by atoms with van der Waals surface area (Å²) in [7, 11) is 1.60. The monoisotopic (exact) mass is 195 g/mol. The van der Waals surface area contributed by atoms with E-state index in [1.807, 2.05) is 0 Å². The lowest BCUT2D eigenvalue weighted by molar-refractivity contribution is -0.385. The zero-order valence-electron chi connectivity index (χ0n) is 7.77. The fourth-order valence-corrected chi connectivity index (χ4v) is 1.02. The normalized spacial score (nSPS) is 9.57. The second-order valence-electron chi connectivity index (χ2n) is 2.65. The van der Waals surface area contributed by atoms with Gasteiger partial charge in [0.05, 0.1) is 10.5 Å². The number of hydrogen-bond acceptors (Lipinski definition) is 5. The van der Waals surface area contributed by atoms with Crippen LogP contribution in [-0.2, 0) is 0 Å². The molecule has 0 saturated carbocycles. The summed E-state index contributed by atoms with van der Waals surface area (Å²) in [5.74, 6) is 0.0913. The lowest BCUT2D eigenvalue weighted by Gasteiger charge is -2.03. The molecular formula is C8H9N3O3. The van der Waals surface area contributed by atoms with Gasteiger partial charge in [-0.2, -0.15) is 0 Å². The summed E-state index contributed by atoms with van der Waals surface area (Å²) in [6.07, 6.45) is 1.11. The highest BCUT2D eigenvalue weighted by atomic mass is 16.6. The first-order valence-corrected chi connectivity index (χ1v) is 3.89. The molecule has 6 heteroatoms. The topological polar surface area (TPSA) is 85.1 Å². The van der Waals surface area contributed by atoms with Crippen LogP contribution in [0.1, 0.15) is 17.3 Å². The van der Waals surface area contributed by atoms with Crippen LogP contribution in [0.3, 0.4) is 0 Å². The molecule has 0 bridgehead atoms. The summed E-state index contributed by atoms with van der Waals surface area (Å²) in [4.78, 5) is 24.7. The number of aromatic nitrogens is 1. The maximum Gasteiger partial charge on any atom is 0.288 e. The van der Waals surface area contributed by atoms with Gasteiger partial charge in [0.15, 0.2) is 5.78 Å². The predicted octanol–water partition coefficient (Wildman–Crippen LogP) is 1.23. The molecule has 0 amide bonds. The number of nitro groups is 1. The van der Waals surface area contributed by atoms with Gasteiger partial charge in [-0.15, -0.1) is 0 Å². The van der Waals surface area contributed by atoms with E-state index in [9.17, 15) is 14.9 Å². The summed E-state index contributed by atoms with van der Waals surface area (Å²) in [6.45, 7) is 1.33. The van der Waals surface area contributed by atoms with E-state index in [1.165, 1.54) is 13.0 Å². The number of rotatable bonds is 3. The van der Waals surface area contributed by atoms with Crippen molar-refractivity contribution in [3.8, 4) is 0 Å². The van der Waals surface area contributed by atoms with Crippen LogP contribution in [0, 0.1) is 10.1 Å². The van der Waals surface area contributed by atoms with Crippen LogP contribution >= 0.6 is 0 Å². The van der Waals surface area contributed by atoms with Gasteiger partial charge in [0.2, 0.25) is 0 Å². The van der Waals surface area contributed by atoms with Crippen molar-refractivity contribution in [3.05, 3.63) is 27.9 Å². The summed E-state index contributed by atoms with van der Waals surface area (Å²) in [6, 6.07) is 1.21. The third kappa shape index (κ3) is 1.85. The first-order valence-electron chi connectivity index (χ1n) is 3.89. The lowest BCUT2D eigenvalue weighted by Crippen LogP contribution is -2.04. The SMILES string of the molecule is CNc1ncc([N+](=O)[O-])cc1C(C)=O. The predicted molar refractivity (Wildman–Crippen MR) is 50.4 cm³/mol. The molecular weight excluding hydrogens is 186 g/mol. The Morgan fingerprint density at radius 2 is 2.29 bits per heavy atom. The Morgan fingerprint density at radius 1 is 1.64 bits per heavy atom. The molecule has 74 valence electrons. The summed E-state index contributed by atoms with van der Waals surface area (Å²) in [5, 5.41) is 13.1. The van der Waals surface area contributed by atoms with E-state index in [0.717, 1.165) is 6.20 Å². The molecule has 1 aromatic rings. The third-order valence-electron chi connectivity index (χ3n) is 1.70. The molecule has 1 aromatic heterocycles. The first-order chi connectivity index (χ1) is 6.56. The van der Waals surface area contributed by atoms with Gasteiger partial charge in [-0.1, -0.05) is 0 Å². The fourth-order valence-electron chi connectivity index (χ4n) is 1.02. The van der Waals surface area contributed by atoms with Gasteiger partial charge in [0.25, 0.3) is 5.69 Å². The van der Waals surface area contributed by atoms with E-state index in [-0.39, 0.29) is 17.0 Å². The summed E-state index contributed by atoms with van der Waals surface area (Å²) >= 11 is 0. The van der Waals surface area contributed by atoms with Crippen molar-refractivity contribution in [2.45, 2.75) is 6.92 Å². The van der Waals surface area contributed by atoms with Gasteiger partial charge >= 0.3 is 0 Å². The Balaban J connectivity index is 3.27. The van der Waals surface area contributed by atoms with Crippen LogP contribution in [0.2, 0.25) is 0 Å². The Hall–Kier alpha value is -1.98. The van der Waals surface area contributed by atoms with Gasteiger partial charge in [0.1, 0.15) is 12.0 Å². The van der Waals surface area contributed by atoms with Crippen LogP contribution in [0.5, 0.6) is 0 Å². The molecule has 14 heavy (non-hydrogen) atoms. The number of carbonyl (C=O) groups is 1. The molecule has 0 unspecified atom stereocenters. The highest BCUT2D eigenvalue weighted by Gasteiger charge is 2.14. The molecule has 0 aliphatic rings. The zero-order valence-corrected chi connectivity index (χ0v) is 7.77. The molecule has 1 heterocycles. The molecule has 1 rings (SSSR count). The number of pyridine rings is 1. The van der Waals surface area contributed by atoms with Crippen molar-refractivity contribution in [1.29, 1.82) is 0 Å². The van der Waals surface area contributed by atoms with Crippen molar-refractivity contribution in [3.63, 3.8) is 0 Å². The third-order valence-corrected chi connectivity index (χ3v) is 1.70. The molecule has 0 atom stereocenters. The Morgan fingerprint density at radius 3 is 2.71 bits per heavy atom. The largest absolute Gasteiger partial charge is 0.373 e. The van der Waals surface area contributed by atoms with E-state index in [1.54, 1.807) is 7.05 Å². The van der Waals surface area contributed by atoms with Crippen LogP contribution in [0.25, 0.3) is 0 Å². The Labute approximate surface area is 80.1 Å². The number of anilines is 1. The minimum absolute atomic E-state index is 0.186. The number of Topliss-reactive ketones (excluding diaryl/α,β-unsaturated/α-hetero) is 1. The van der Waals surface area contributed by atoms with E-state index in [4.69, 9.17) is 0 Å². The van der Waals surface area contributed by atoms with Crippen molar-refractivity contribution in [1.82, 2.24) is 4.98 Å². The van der Waals surface area contributed by atoms with Crippen molar-refractivity contribution < 1.29 is 9.72 Å². The highest BCUT2D eigenvalue weighted by molar-refractivity contribution is 5.99. The minimum atomic E-state index is -0.584. The standard InChI is InChI=1S/C8H9N3O3/c1-5(12)7-3-6(11(13)14)4-10-8(7)9-2/h3-4H,1-2H3,(H,9,10). The van der Waals surface area contributed by atoms with Gasteiger partial charge in [-0.25, -0.2) is 4.98 Å². The second-order valence-corrected chi connectivity index (χ2v) is 2.65. The molecule has 0 radical (unpaired) electrons. The van der Waals surface area contributed by atoms with Crippen LogP contribution in [0.4, 0.5) is 11.5 Å². The molecule has 0 aliphatic carbocycles. The Kier molecular flexibility index (Phi) is 2.76. The van der Waals surface area contributed by atoms with Crippen molar-refractivity contribution >= 4 is 17.3 Å². The second kappa shape index (κ2) is 3.82. The van der Waals surface area contributed by atoms with E-state index in [2.05, 4.69) is 10.3 Å². The van der Waals surface area contributed by atoms with E-state index >= 15 is 0 Å². The highest BCUT2D eigenvalue weighted by Crippen LogP contribution is 2.18. The van der Waals surface area contributed by atoms with Crippen molar-refractivity contribution in [2.24, 2.45) is 0 Å². The molecule has 0 aliphatic heterocycles. The average molecular weight is 195 g/mol. The smallest absolute Gasteiger partial charge is 0.288 e. The maximum atomic E-state index is 11.1. The molecule has 0 aromatic carbocycles. The van der Waals surface area contributed by atoms with Crippen LogP contribution in [0.15, 0.2) is 12.3 Å². The number of ketones is 1. The number of nitrogens with one attached hydrogen (secondary N) is 1. The quantitative estimate of drug-likeness (QED) is 0.445. The number of carbonyl (C=O) groups excluding carboxylic acids is 1. The first kappa shape index (κ1) is 10.1. The molecule has 6 nitrogen and oxygen atoms in total. The van der Waals surface area contributed by atoms with Gasteiger partial charge in [-0.05, 0) is 6.92 Å². The molecule has 0 spiro atoms. The van der Waals surface area contributed by atoms with Crippen LogP contribution in [-0.4, -0.2) is 22.7 Å². The summed E-state index contributed by atoms with van der Waals surface area (Å²) < 4.78 is 0. The van der Waals surface area contributed by atoms with Gasteiger partial charge < -0.3 is 5.32 Å². The van der Waals surface area contributed by atoms with Crippen LogP contribution < -0.4 is 5.32 Å². The zero-order chi connectivity index (χ0) is 10.7. The Bertz CT molecular complexity index is 389. The number of hydrogen-bond donors (Lipinski definition) is 1. The van der Waals surface area contributed by atoms with Gasteiger partial charge in [-0.3, -0.25) is 14.9 Å². The lowest BCUT2D eigenvalue weighted by atomic mass is 10.2. The molecule has 1 N–H and O–H groups in total. The van der Waals surface area contributed by atoms with Crippen molar-refractivity contribution in [2.75, 3.05) is 12.4 Å². The summed E-state index contributed by atoms with van der Waals surface area (Å²) in [5.41, 5.74) is 0.0379. The van der Waals surface area contributed by atoms with E-state index in [0.29, 0.717) is 5.82 Å². The fraction of sp³-hybridized carbons (Fsp3) is 0.250. The average Bonchev–Trinajstić information content (AvgIpc) is 2.16. The number of nitrogens with zero attached hydrogens (tertiary/aromatic N) is 2. The van der Waals surface area contributed by atoms with Gasteiger partial charge in [0, 0.05) is 13.1 Å². The minimum Gasteiger partial charge on any atom is -0.373 e. The molecule has 0 saturated heterocycles. The maximum absolute atomic E-state index is 11.1. The molecule has 0 fully saturated rings.